The summed E-state index contributed by atoms with van der Waals surface area (Å²) in [6, 6.07) is 0. The average molecular weight is 215 g/mol. The van der Waals surface area contributed by atoms with Crippen molar-refractivity contribution in [3.63, 3.8) is 0 Å². The lowest BCUT2D eigenvalue weighted by Crippen LogP contribution is -3.13. The predicted octanol–water partition coefficient (Wildman–Crippen LogP) is -0.460. The van der Waals surface area contributed by atoms with Crippen molar-refractivity contribution in [2.75, 3.05) is 6.67 Å². The van der Waals surface area contributed by atoms with E-state index in [-0.39, 0.29) is 5.70 Å². The molecule has 2 N–H and O–H groups in total. The van der Waals surface area contributed by atoms with Crippen LogP contribution >= 0.6 is 11.8 Å². The molecule has 5 nitrogen and oxygen atoms in total. The predicted molar refractivity (Wildman–Crippen MR) is 50.4 cm³/mol. The van der Waals surface area contributed by atoms with Gasteiger partial charge in [-0.1, -0.05) is 0 Å². The number of carbonyl (C=O) groups is 1. The SMILES string of the molecule is CC1=C(C(=O)O)N=C2C=CN(Cl)C[NH+]21. The molecule has 0 aromatic carbocycles. The molecule has 6 heteroatoms. The number of hydrogen-bond donors (Lipinski definition) is 2. The number of hydrogen-bond acceptors (Lipinski definition) is 3. The zero-order valence-corrected chi connectivity index (χ0v) is 8.25. The van der Waals surface area contributed by atoms with Gasteiger partial charge in [-0.15, -0.1) is 0 Å². The van der Waals surface area contributed by atoms with Crippen LogP contribution in [0, 0.1) is 0 Å². The van der Waals surface area contributed by atoms with Gasteiger partial charge in [0.25, 0.3) is 0 Å². The summed E-state index contributed by atoms with van der Waals surface area (Å²) >= 11 is 5.78. The molecule has 0 radical (unpaired) electrons. The van der Waals surface area contributed by atoms with Crippen molar-refractivity contribution in [2.24, 2.45) is 4.99 Å². The maximum Gasteiger partial charge on any atom is 0.360 e. The molecule has 0 aromatic rings. The Labute approximate surface area is 85.7 Å². The fraction of sp³-hybridized carbons (Fsp3) is 0.250. The van der Waals surface area contributed by atoms with Gasteiger partial charge in [0.15, 0.2) is 6.67 Å². The van der Waals surface area contributed by atoms with Gasteiger partial charge in [0.2, 0.25) is 11.5 Å². The minimum absolute atomic E-state index is 0.117. The average Bonchev–Trinajstić information content (AvgIpc) is 2.44. The van der Waals surface area contributed by atoms with E-state index in [0.717, 1.165) is 4.90 Å². The molecule has 2 aliphatic heterocycles. The van der Waals surface area contributed by atoms with Crippen LogP contribution in [0.15, 0.2) is 28.7 Å². The molecule has 0 spiro atoms. The molecule has 0 aromatic heterocycles. The van der Waals surface area contributed by atoms with Gasteiger partial charge < -0.3 is 5.11 Å². The van der Waals surface area contributed by atoms with E-state index >= 15 is 0 Å². The number of fused-ring (bicyclic) bond motifs is 1. The molecule has 0 bridgehead atoms. The van der Waals surface area contributed by atoms with Gasteiger partial charge in [0.05, 0.1) is 0 Å². The van der Waals surface area contributed by atoms with Crippen LogP contribution in [-0.2, 0) is 4.79 Å². The van der Waals surface area contributed by atoms with Gasteiger partial charge in [-0.3, -0.25) is 0 Å². The molecule has 0 aliphatic carbocycles. The molecule has 1 atom stereocenters. The van der Waals surface area contributed by atoms with Crippen molar-refractivity contribution in [2.45, 2.75) is 6.92 Å². The van der Waals surface area contributed by atoms with E-state index in [2.05, 4.69) is 4.99 Å². The van der Waals surface area contributed by atoms with Gasteiger partial charge in [-0.25, -0.2) is 14.1 Å². The maximum absolute atomic E-state index is 10.8. The third-order valence-corrected chi connectivity index (χ3v) is 2.49. The first-order valence-electron chi connectivity index (χ1n) is 4.09. The summed E-state index contributed by atoms with van der Waals surface area (Å²) in [7, 11) is 0. The number of allylic oxidation sites excluding steroid dienone is 1. The molecule has 2 aliphatic rings. The molecule has 2 heterocycles. The third-order valence-electron chi connectivity index (χ3n) is 2.26. The minimum atomic E-state index is -0.994. The second-order valence-electron chi connectivity index (χ2n) is 3.13. The normalized spacial score (nSPS) is 25.1. The van der Waals surface area contributed by atoms with Gasteiger partial charge in [0, 0.05) is 31.0 Å². The van der Waals surface area contributed by atoms with E-state index in [1.165, 1.54) is 4.42 Å². The third kappa shape index (κ3) is 1.30. The van der Waals surface area contributed by atoms with Crippen LogP contribution in [0.3, 0.4) is 0 Å². The number of nitrogens with zero attached hydrogens (tertiary/aromatic N) is 2. The second kappa shape index (κ2) is 3.11. The van der Waals surface area contributed by atoms with Crippen molar-refractivity contribution in [3.05, 3.63) is 23.7 Å². The fourth-order valence-corrected chi connectivity index (χ4v) is 1.68. The monoisotopic (exact) mass is 214 g/mol. The van der Waals surface area contributed by atoms with E-state index < -0.39 is 5.97 Å². The Morgan fingerprint density at radius 2 is 2.50 bits per heavy atom. The van der Waals surface area contributed by atoms with Gasteiger partial charge in [0.1, 0.15) is 5.70 Å². The molecular weight excluding hydrogens is 206 g/mol. The highest BCUT2D eigenvalue weighted by atomic mass is 35.5. The molecule has 0 fully saturated rings. The van der Waals surface area contributed by atoms with Crippen LogP contribution in [-0.4, -0.2) is 28.0 Å². The van der Waals surface area contributed by atoms with Crippen molar-refractivity contribution in [1.82, 2.24) is 4.42 Å². The topological polar surface area (TPSA) is 57.3 Å². The van der Waals surface area contributed by atoms with E-state index in [0.29, 0.717) is 18.2 Å². The second-order valence-corrected chi connectivity index (χ2v) is 3.56. The number of quaternary nitrogens is 1. The number of aliphatic carboxylic acids is 1. The Morgan fingerprint density at radius 1 is 1.79 bits per heavy atom. The minimum Gasteiger partial charge on any atom is -0.476 e. The zero-order chi connectivity index (χ0) is 10.3. The van der Waals surface area contributed by atoms with Gasteiger partial charge >= 0.3 is 5.97 Å². The number of halogens is 1. The van der Waals surface area contributed by atoms with Crippen LogP contribution in [0.1, 0.15) is 6.92 Å². The first-order valence-corrected chi connectivity index (χ1v) is 4.43. The molecule has 0 saturated heterocycles. The van der Waals surface area contributed by atoms with Crippen molar-refractivity contribution >= 4 is 23.6 Å². The molecular formula is C8H9ClN3O2+. The standard InChI is InChI=1S/C8H8ClN3O2/c1-5-7(8(13)14)10-6-2-3-11(9)4-12(5)6/h2-3H,4H2,1H3,(H,13,14)/p+1. The Kier molecular flexibility index (Phi) is 2.05. The summed E-state index contributed by atoms with van der Waals surface area (Å²) in [5, 5.41) is 8.85. The van der Waals surface area contributed by atoms with Crippen LogP contribution in [0.5, 0.6) is 0 Å². The molecule has 2 rings (SSSR count). The van der Waals surface area contributed by atoms with E-state index in [1.54, 1.807) is 19.2 Å². The Hall–Kier alpha value is -1.33. The van der Waals surface area contributed by atoms with E-state index in [4.69, 9.17) is 16.9 Å². The summed E-state index contributed by atoms with van der Waals surface area (Å²) in [5.41, 5.74) is 0.814. The number of carboxylic acids is 1. The summed E-state index contributed by atoms with van der Waals surface area (Å²) < 4.78 is 1.47. The summed E-state index contributed by atoms with van der Waals surface area (Å²) in [4.78, 5) is 15.7. The van der Waals surface area contributed by atoms with Crippen molar-refractivity contribution in [3.8, 4) is 0 Å². The van der Waals surface area contributed by atoms with E-state index in [1.807, 2.05) is 0 Å². The maximum atomic E-state index is 10.8. The quantitative estimate of drug-likeness (QED) is 0.581. The van der Waals surface area contributed by atoms with Crippen molar-refractivity contribution in [1.29, 1.82) is 0 Å². The lowest BCUT2D eigenvalue weighted by molar-refractivity contribution is -0.769. The Bertz CT molecular complexity index is 386. The number of rotatable bonds is 1. The first-order chi connectivity index (χ1) is 6.59. The molecule has 1 unspecified atom stereocenters. The number of carboxylic acid groups (broad SMARTS) is 1. The molecule has 0 saturated carbocycles. The van der Waals surface area contributed by atoms with Gasteiger partial charge in [-0.2, -0.15) is 4.99 Å². The highest BCUT2D eigenvalue weighted by Crippen LogP contribution is 2.10. The largest absolute Gasteiger partial charge is 0.476 e. The summed E-state index contributed by atoms with van der Waals surface area (Å²) in [6.45, 7) is 2.25. The van der Waals surface area contributed by atoms with E-state index in [9.17, 15) is 4.79 Å². The Balaban J connectivity index is 2.38. The highest BCUT2D eigenvalue weighted by Gasteiger charge is 2.34. The molecule has 0 amide bonds. The van der Waals surface area contributed by atoms with Crippen LogP contribution in [0.4, 0.5) is 0 Å². The van der Waals surface area contributed by atoms with Crippen LogP contribution < -0.4 is 4.90 Å². The highest BCUT2D eigenvalue weighted by molar-refractivity contribution is 6.14. The number of aliphatic imine (C=N–C) groups is 1. The van der Waals surface area contributed by atoms with Crippen LogP contribution in [0.25, 0.3) is 0 Å². The lowest BCUT2D eigenvalue weighted by atomic mass is 10.3. The smallest absolute Gasteiger partial charge is 0.360 e. The fourth-order valence-electron chi connectivity index (χ4n) is 1.51. The van der Waals surface area contributed by atoms with Gasteiger partial charge in [-0.05, 0) is 0 Å². The first kappa shape index (κ1) is 9.23. The number of amidine groups is 1. The van der Waals surface area contributed by atoms with Crippen molar-refractivity contribution < 1.29 is 14.8 Å². The number of nitrogens with one attached hydrogen (secondary N) is 1. The molecule has 14 heavy (non-hydrogen) atoms. The Morgan fingerprint density at radius 3 is 3.14 bits per heavy atom. The molecule has 74 valence electrons. The van der Waals surface area contributed by atoms with Crippen LogP contribution in [0.2, 0.25) is 0 Å². The summed E-state index contributed by atoms with van der Waals surface area (Å²) in [6.07, 6.45) is 3.38. The summed E-state index contributed by atoms with van der Waals surface area (Å²) in [5.74, 6) is -0.289. The zero-order valence-electron chi connectivity index (χ0n) is 7.49. The lowest BCUT2D eigenvalue weighted by Gasteiger charge is -2.21.